The zero-order valence-corrected chi connectivity index (χ0v) is 22.2. The third kappa shape index (κ3) is 5.65. The van der Waals surface area contributed by atoms with Crippen molar-refractivity contribution in [3.05, 3.63) is 83.9 Å². The van der Waals surface area contributed by atoms with Gasteiger partial charge in [-0.15, -0.1) is 0 Å². The molecule has 0 bridgehead atoms. The van der Waals surface area contributed by atoms with Gasteiger partial charge in [0.05, 0.1) is 25.8 Å². The second-order valence-corrected chi connectivity index (χ2v) is 11.4. The highest BCUT2D eigenvalue weighted by Crippen LogP contribution is 2.30. The number of piperazine rings is 1. The Labute approximate surface area is 226 Å². The smallest absolute Gasteiger partial charge is 0.307 e. The molecule has 204 valence electrons. The van der Waals surface area contributed by atoms with Crippen LogP contribution in [0.5, 0.6) is 0 Å². The molecule has 2 aliphatic heterocycles. The predicted molar refractivity (Wildman–Crippen MR) is 142 cm³/mol. The molecule has 0 saturated carbocycles. The summed E-state index contributed by atoms with van der Waals surface area (Å²) >= 11 is 0. The maximum Gasteiger partial charge on any atom is 0.307 e. The monoisotopic (exact) mass is 551 g/mol. The van der Waals surface area contributed by atoms with Gasteiger partial charge in [-0.05, 0) is 21.9 Å². The molecule has 2 unspecified atom stereocenters. The molecule has 3 aromatic rings. The lowest BCUT2D eigenvalue weighted by Crippen LogP contribution is -2.72. The maximum atomic E-state index is 13.7. The standard InChI is InChI=1S/C28H29N3O7S/c1-37-27(33)13-14-29-17-25-30(24(28(29)34)16-21-11-12-22-9-5-6-10-23(22)15-21)26(32)18-38-31(25)39(35,36)19-20-7-3-2-4-8-20/h2-12,15,24-25H,13-14,16-19H2,1H3. The van der Waals surface area contributed by atoms with E-state index in [0.29, 0.717) is 5.56 Å². The Balaban J connectivity index is 1.49. The second-order valence-electron chi connectivity index (χ2n) is 9.56. The summed E-state index contributed by atoms with van der Waals surface area (Å²) in [5.74, 6) is -1.67. The zero-order chi connectivity index (χ0) is 27.6. The summed E-state index contributed by atoms with van der Waals surface area (Å²) < 4.78 is 32.6. The van der Waals surface area contributed by atoms with Crippen LogP contribution in [-0.2, 0) is 46.2 Å². The number of sulfonamides is 1. The summed E-state index contributed by atoms with van der Waals surface area (Å²) in [5, 5.41) is 2.02. The summed E-state index contributed by atoms with van der Waals surface area (Å²) in [4.78, 5) is 47.0. The maximum absolute atomic E-state index is 13.7. The molecular weight excluding hydrogens is 522 g/mol. The number of carbonyl (C=O) groups excluding carboxylic acids is 3. The number of ether oxygens (including phenoxy) is 1. The third-order valence-corrected chi connectivity index (χ3v) is 8.60. The third-order valence-electron chi connectivity index (χ3n) is 7.01. The fraction of sp³-hybridized carbons (Fsp3) is 0.321. The molecular formula is C28H29N3O7S. The average molecular weight is 552 g/mol. The number of amides is 2. The Hall–Kier alpha value is -3.80. The van der Waals surface area contributed by atoms with Crippen molar-refractivity contribution in [3.63, 3.8) is 0 Å². The number of carbonyl (C=O) groups is 3. The van der Waals surface area contributed by atoms with Crippen molar-refractivity contribution in [2.45, 2.75) is 30.8 Å². The Morgan fingerprint density at radius 1 is 0.974 bits per heavy atom. The van der Waals surface area contributed by atoms with Crippen LogP contribution in [0.25, 0.3) is 10.8 Å². The van der Waals surface area contributed by atoms with Gasteiger partial charge >= 0.3 is 5.97 Å². The average Bonchev–Trinajstić information content (AvgIpc) is 2.93. The van der Waals surface area contributed by atoms with Crippen molar-refractivity contribution < 1.29 is 32.4 Å². The van der Waals surface area contributed by atoms with Crippen LogP contribution >= 0.6 is 0 Å². The van der Waals surface area contributed by atoms with E-state index in [1.165, 1.54) is 16.9 Å². The van der Waals surface area contributed by atoms with Crippen LogP contribution in [0.15, 0.2) is 72.8 Å². The van der Waals surface area contributed by atoms with Crippen LogP contribution in [-0.4, -0.2) is 79.5 Å². The molecule has 2 aliphatic rings. The number of methoxy groups -OCH3 is 1. The molecule has 0 N–H and O–H groups in total. The lowest BCUT2D eigenvalue weighted by atomic mass is 9.97. The number of hydroxylamine groups is 1. The van der Waals surface area contributed by atoms with Crippen molar-refractivity contribution >= 4 is 38.6 Å². The van der Waals surface area contributed by atoms with Crippen LogP contribution < -0.4 is 0 Å². The topological polar surface area (TPSA) is 114 Å². The highest BCUT2D eigenvalue weighted by molar-refractivity contribution is 7.88. The Kier molecular flexibility index (Phi) is 7.65. The van der Waals surface area contributed by atoms with Gasteiger partial charge in [0.25, 0.3) is 5.91 Å². The number of nitrogens with zero attached hydrogens (tertiary/aromatic N) is 3. The fourth-order valence-corrected chi connectivity index (χ4v) is 6.61. The number of benzene rings is 3. The van der Waals surface area contributed by atoms with Gasteiger partial charge in [0.2, 0.25) is 15.9 Å². The van der Waals surface area contributed by atoms with Crippen LogP contribution in [0.2, 0.25) is 0 Å². The molecule has 2 amide bonds. The van der Waals surface area contributed by atoms with E-state index in [1.807, 2.05) is 42.5 Å². The Bertz CT molecular complexity index is 1500. The highest BCUT2D eigenvalue weighted by Gasteiger charge is 2.51. The minimum Gasteiger partial charge on any atom is -0.469 e. The van der Waals surface area contributed by atoms with Crippen molar-refractivity contribution in [2.75, 3.05) is 26.8 Å². The number of rotatable bonds is 8. The van der Waals surface area contributed by atoms with Crippen LogP contribution in [0.1, 0.15) is 17.5 Å². The summed E-state index contributed by atoms with van der Waals surface area (Å²) in [5.41, 5.74) is 1.38. The van der Waals surface area contributed by atoms with Gasteiger partial charge in [-0.3, -0.25) is 19.2 Å². The summed E-state index contributed by atoms with van der Waals surface area (Å²) in [7, 11) is -2.78. The first kappa shape index (κ1) is 26.8. The SMILES string of the molecule is COC(=O)CCN1CC2N(C(=O)CON2S(=O)(=O)Cc2ccccc2)C(Cc2ccc3ccccc3c2)C1=O. The highest BCUT2D eigenvalue weighted by atomic mass is 32.2. The lowest BCUT2D eigenvalue weighted by molar-refractivity contribution is -0.222. The molecule has 39 heavy (non-hydrogen) atoms. The van der Waals surface area contributed by atoms with E-state index in [0.717, 1.165) is 20.8 Å². The van der Waals surface area contributed by atoms with E-state index in [4.69, 9.17) is 9.57 Å². The van der Waals surface area contributed by atoms with E-state index >= 15 is 0 Å². The van der Waals surface area contributed by atoms with Crippen molar-refractivity contribution in [3.8, 4) is 0 Å². The molecule has 0 aliphatic carbocycles. The van der Waals surface area contributed by atoms with Gasteiger partial charge in [0.15, 0.2) is 0 Å². The van der Waals surface area contributed by atoms with Crippen LogP contribution in [0.4, 0.5) is 0 Å². The molecule has 3 aromatic carbocycles. The molecule has 2 saturated heterocycles. The van der Waals surface area contributed by atoms with Crippen LogP contribution in [0, 0.1) is 0 Å². The van der Waals surface area contributed by atoms with Crippen LogP contribution in [0.3, 0.4) is 0 Å². The van der Waals surface area contributed by atoms with Gasteiger partial charge in [-0.1, -0.05) is 77.3 Å². The molecule has 10 nitrogen and oxygen atoms in total. The van der Waals surface area contributed by atoms with Crippen molar-refractivity contribution in [1.29, 1.82) is 0 Å². The van der Waals surface area contributed by atoms with E-state index in [9.17, 15) is 22.8 Å². The van der Waals surface area contributed by atoms with Gasteiger partial charge in [0.1, 0.15) is 18.8 Å². The minimum absolute atomic E-state index is 0.0187. The first-order chi connectivity index (χ1) is 18.8. The van der Waals surface area contributed by atoms with Gasteiger partial charge in [-0.2, -0.15) is 0 Å². The number of esters is 1. The molecule has 11 heteroatoms. The predicted octanol–water partition coefficient (Wildman–Crippen LogP) is 2.09. The molecule has 2 heterocycles. The summed E-state index contributed by atoms with van der Waals surface area (Å²) in [6.07, 6.45) is -0.975. The number of hydrogen-bond acceptors (Lipinski definition) is 7. The van der Waals surface area contributed by atoms with Crippen molar-refractivity contribution in [2.24, 2.45) is 0 Å². The Morgan fingerprint density at radius 3 is 2.44 bits per heavy atom. The Morgan fingerprint density at radius 2 is 1.69 bits per heavy atom. The second kappa shape index (κ2) is 11.1. The molecule has 0 spiro atoms. The molecule has 2 atom stereocenters. The largest absolute Gasteiger partial charge is 0.469 e. The van der Waals surface area contributed by atoms with Crippen molar-refractivity contribution in [1.82, 2.24) is 14.3 Å². The van der Waals surface area contributed by atoms with Gasteiger partial charge in [0, 0.05) is 13.0 Å². The summed E-state index contributed by atoms with van der Waals surface area (Å²) in [6.45, 7) is -0.622. The minimum atomic E-state index is -4.04. The first-order valence-corrected chi connectivity index (χ1v) is 14.2. The van der Waals surface area contributed by atoms with Gasteiger partial charge < -0.3 is 14.5 Å². The first-order valence-electron chi connectivity index (χ1n) is 12.6. The van der Waals surface area contributed by atoms with E-state index in [-0.39, 0.29) is 37.6 Å². The zero-order valence-electron chi connectivity index (χ0n) is 21.4. The quantitative estimate of drug-likeness (QED) is 0.394. The van der Waals surface area contributed by atoms with E-state index < -0.39 is 40.7 Å². The fourth-order valence-electron chi connectivity index (χ4n) is 5.12. The summed E-state index contributed by atoms with van der Waals surface area (Å²) in [6, 6.07) is 21.3. The van der Waals surface area contributed by atoms with E-state index in [1.54, 1.807) is 30.3 Å². The van der Waals surface area contributed by atoms with E-state index in [2.05, 4.69) is 0 Å². The lowest BCUT2D eigenvalue weighted by Gasteiger charge is -2.50. The molecule has 2 fully saturated rings. The molecule has 0 aromatic heterocycles. The number of hydrogen-bond donors (Lipinski definition) is 0. The normalized spacial score (nSPS) is 20.2. The van der Waals surface area contributed by atoms with Gasteiger partial charge in [-0.25, -0.2) is 8.42 Å². The molecule has 5 rings (SSSR count). The molecule has 0 radical (unpaired) electrons. The number of fused-ring (bicyclic) bond motifs is 2.